The smallest absolute Gasteiger partial charge is 0.405 e. The molecule has 0 radical (unpaired) electrons. The van der Waals surface area contributed by atoms with Gasteiger partial charge in [-0.25, -0.2) is 13.2 Å². The lowest BCUT2D eigenvalue weighted by atomic mass is 10.3. The van der Waals surface area contributed by atoms with Gasteiger partial charge >= 0.3 is 16.4 Å². The van der Waals surface area contributed by atoms with Crippen LogP contribution in [-0.2, 0) is 28.3 Å². The van der Waals surface area contributed by atoms with Crippen LogP contribution in [0.25, 0.3) is 0 Å². The van der Waals surface area contributed by atoms with Gasteiger partial charge in [-0.05, 0) is 13.8 Å². The van der Waals surface area contributed by atoms with E-state index in [2.05, 4.69) is 14.9 Å². The third-order valence-corrected chi connectivity index (χ3v) is 2.30. The van der Waals surface area contributed by atoms with Gasteiger partial charge < -0.3 is 4.74 Å². The SMILES string of the molecule is C=C(C)C(=O)OC(C)C1OS(=O)(=O)O1. The Morgan fingerprint density at radius 2 is 2.00 bits per heavy atom. The Morgan fingerprint density at radius 3 is 2.36 bits per heavy atom. The van der Waals surface area contributed by atoms with Crippen molar-refractivity contribution in [3.05, 3.63) is 12.2 Å². The van der Waals surface area contributed by atoms with E-state index in [0.29, 0.717) is 0 Å². The topological polar surface area (TPSA) is 78.9 Å². The Hall–Kier alpha value is -0.920. The van der Waals surface area contributed by atoms with Crippen molar-refractivity contribution < 1.29 is 26.3 Å². The van der Waals surface area contributed by atoms with Crippen LogP contribution in [0, 0.1) is 0 Å². The molecule has 0 saturated carbocycles. The van der Waals surface area contributed by atoms with Gasteiger partial charge in [-0.3, -0.25) is 0 Å². The molecule has 1 saturated heterocycles. The van der Waals surface area contributed by atoms with Crippen molar-refractivity contribution in [2.75, 3.05) is 0 Å². The van der Waals surface area contributed by atoms with Gasteiger partial charge in [0, 0.05) is 5.57 Å². The van der Waals surface area contributed by atoms with Crippen molar-refractivity contribution in [1.29, 1.82) is 0 Å². The predicted octanol–water partition coefficient (Wildman–Crippen LogP) is 0.112. The minimum absolute atomic E-state index is 0.221. The van der Waals surface area contributed by atoms with E-state index in [1.807, 2.05) is 0 Å². The molecule has 0 aliphatic carbocycles. The average Bonchev–Trinajstić information content (AvgIpc) is 1.99. The molecule has 1 rings (SSSR count). The monoisotopic (exact) mass is 222 g/mol. The summed E-state index contributed by atoms with van der Waals surface area (Å²) >= 11 is 0. The number of rotatable bonds is 3. The number of hydrogen-bond donors (Lipinski definition) is 0. The highest BCUT2D eigenvalue weighted by atomic mass is 32.3. The van der Waals surface area contributed by atoms with E-state index in [0.717, 1.165) is 0 Å². The van der Waals surface area contributed by atoms with Crippen LogP contribution in [0.2, 0.25) is 0 Å². The number of ether oxygens (including phenoxy) is 1. The quantitative estimate of drug-likeness (QED) is 0.498. The summed E-state index contributed by atoms with van der Waals surface area (Å²) in [7, 11) is -3.85. The van der Waals surface area contributed by atoms with Gasteiger partial charge in [-0.2, -0.15) is 8.42 Å². The molecule has 0 bridgehead atoms. The molecule has 0 amide bonds. The summed E-state index contributed by atoms with van der Waals surface area (Å²) in [4.78, 5) is 11.0. The maximum absolute atomic E-state index is 11.0. The fourth-order valence-electron chi connectivity index (χ4n) is 0.721. The minimum Gasteiger partial charge on any atom is -0.454 e. The zero-order valence-corrected chi connectivity index (χ0v) is 8.54. The van der Waals surface area contributed by atoms with Gasteiger partial charge in [0.05, 0.1) is 0 Å². The number of carbonyl (C=O) groups excluding carboxylic acids is 1. The molecule has 1 atom stereocenters. The molecule has 1 heterocycles. The summed E-state index contributed by atoms with van der Waals surface area (Å²) in [6.07, 6.45) is -1.84. The highest BCUT2D eigenvalue weighted by molar-refractivity contribution is 7.82. The van der Waals surface area contributed by atoms with E-state index in [9.17, 15) is 13.2 Å². The summed E-state index contributed by atoms with van der Waals surface area (Å²) in [5, 5.41) is 0. The normalized spacial score (nSPS) is 22.1. The molecule has 6 nitrogen and oxygen atoms in total. The van der Waals surface area contributed by atoms with E-state index < -0.39 is 28.8 Å². The van der Waals surface area contributed by atoms with Crippen molar-refractivity contribution in [1.82, 2.24) is 0 Å². The van der Waals surface area contributed by atoms with E-state index in [1.165, 1.54) is 13.8 Å². The molecule has 80 valence electrons. The maximum atomic E-state index is 11.0. The van der Waals surface area contributed by atoms with Crippen molar-refractivity contribution in [3.63, 3.8) is 0 Å². The number of hydrogen-bond acceptors (Lipinski definition) is 6. The first kappa shape index (κ1) is 11.2. The molecule has 0 aromatic carbocycles. The lowest BCUT2D eigenvalue weighted by molar-refractivity contribution is -0.176. The second kappa shape index (κ2) is 3.68. The standard InChI is InChI=1S/C7H10O6S/c1-4(2)6(8)11-5(3)7-12-14(9,10)13-7/h5,7H,1H2,2-3H3. The third-order valence-electron chi connectivity index (χ3n) is 1.45. The second-order valence-corrected chi connectivity index (χ2v) is 4.06. The van der Waals surface area contributed by atoms with Crippen LogP contribution in [0.5, 0.6) is 0 Å². The van der Waals surface area contributed by atoms with Gasteiger partial charge in [-0.1, -0.05) is 6.58 Å². The lowest BCUT2D eigenvalue weighted by Crippen LogP contribution is -2.45. The summed E-state index contributed by atoms with van der Waals surface area (Å²) < 4.78 is 34.2. The number of carbonyl (C=O) groups is 1. The van der Waals surface area contributed by atoms with Crippen LogP contribution >= 0.6 is 0 Å². The molecule has 14 heavy (non-hydrogen) atoms. The highest BCUT2D eigenvalue weighted by Gasteiger charge is 2.41. The summed E-state index contributed by atoms with van der Waals surface area (Å²) in [6.45, 7) is 6.30. The molecule has 1 aliphatic heterocycles. The van der Waals surface area contributed by atoms with Crippen molar-refractivity contribution in [2.45, 2.75) is 26.2 Å². The van der Waals surface area contributed by atoms with E-state index in [1.54, 1.807) is 0 Å². The first-order valence-electron chi connectivity index (χ1n) is 3.80. The van der Waals surface area contributed by atoms with Gasteiger partial charge in [0.15, 0.2) is 6.10 Å². The fraction of sp³-hybridized carbons (Fsp3) is 0.571. The Balaban J connectivity index is 2.42. The average molecular weight is 222 g/mol. The Kier molecular flexibility index (Phi) is 2.93. The maximum Gasteiger partial charge on any atom is 0.405 e. The van der Waals surface area contributed by atoms with E-state index >= 15 is 0 Å². The van der Waals surface area contributed by atoms with Crippen LogP contribution in [0.3, 0.4) is 0 Å². The van der Waals surface area contributed by atoms with Crippen LogP contribution in [0.15, 0.2) is 12.2 Å². The van der Waals surface area contributed by atoms with Crippen LogP contribution < -0.4 is 0 Å². The molecule has 1 aliphatic rings. The van der Waals surface area contributed by atoms with Crippen LogP contribution in [0.1, 0.15) is 13.8 Å². The first-order chi connectivity index (χ1) is 6.32. The summed E-state index contributed by atoms with van der Waals surface area (Å²) in [5.41, 5.74) is 0.221. The third kappa shape index (κ3) is 2.53. The van der Waals surface area contributed by atoms with Gasteiger partial charge in [-0.15, -0.1) is 0 Å². The Morgan fingerprint density at radius 1 is 1.50 bits per heavy atom. The van der Waals surface area contributed by atoms with Crippen molar-refractivity contribution >= 4 is 16.4 Å². The molecular weight excluding hydrogens is 212 g/mol. The van der Waals surface area contributed by atoms with E-state index in [4.69, 9.17) is 4.74 Å². The van der Waals surface area contributed by atoms with Gasteiger partial charge in [0.1, 0.15) is 0 Å². The fourth-order valence-corrected chi connectivity index (χ4v) is 1.51. The first-order valence-corrected chi connectivity index (χ1v) is 5.13. The summed E-state index contributed by atoms with van der Waals surface area (Å²) in [6, 6.07) is 0. The van der Waals surface area contributed by atoms with Crippen LogP contribution in [0.4, 0.5) is 0 Å². The molecule has 0 aromatic rings. The van der Waals surface area contributed by atoms with E-state index in [-0.39, 0.29) is 5.57 Å². The molecule has 0 aromatic heterocycles. The second-order valence-electron chi connectivity index (χ2n) is 2.86. The molecule has 7 heteroatoms. The predicted molar refractivity (Wildman–Crippen MR) is 45.2 cm³/mol. The van der Waals surface area contributed by atoms with Crippen molar-refractivity contribution in [2.24, 2.45) is 0 Å². The zero-order valence-electron chi connectivity index (χ0n) is 7.72. The lowest BCUT2D eigenvalue weighted by Gasteiger charge is -2.29. The minimum atomic E-state index is -3.85. The molecular formula is C7H10O6S. The molecule has 0 spiro atoms. The Labute approximate surface area is 81.8 Å². The summed E-state index contributed by atoms with van der Waals surface area (Å²) in [5.74, 6) is -0.617. The van der Waals surface area contributed by atoms with Crippen LogP contribution in [-0.4, -0.2) is 26.8 Å². The zero-order chi connectivity index (χ0) is 10.9. The van der Waals surface area contributed by atoms with Crippen molar-refractivity contribution in [3.8, 4) is 0 Å². The largest absolute Gasteiger partial charge is 0.454 e. The van der Waals surface area contributed by atoms with Gasteiger partial charge in [0.25, 0.3) is 0 Å². The molecule has 1 unspecified atom stereocenters. The molecule has 0 N–H and O–H groups in total. The van der Waals surface area contributed by atoms with Gasteiger partial charge in [0.2, 0.25) is 6.29 Å². The number of esters is 1. The molecule has 1 fully saturated rings. The highest BCUT2D eigenvalue weighted by Crippen LogP contribution is 2.23. The Bertz CT molecular complexity index is 344.